The number of amides is 2. The second-order valence-electron chi connectivity index (χ2n) is 5.90. The summed E-state index contributed by atoms with van der Waals surface area (Å²) in [5, 5.41) is 4.94. The summed E-state index contributed by atoms with van der Waals surface area (Å²) in [6.45, 7) is 3.47. The number of rotatable bonds is 8. The van der Waals surface area contributed by atoms with Crippen LogP contribution in [0.1, 0.15) is 12.5 Å². The number of benzene rings is 2. The van der Waals surface area contributed by atoms with Gasteiger partial charge in [-0.3, -0.25) is 9.59 Å². The van der Waals surface area contributed by atoms with Crippen LogP contribution in [0.5, 0.6) is 0 Å². The Hall–Kier alpha value is -2.80. The Balaban J connectivity index is 1.77. The van der Waals surface area contributed by atoms with Crippen LogP contribution in [-0.4, -0.2) is 31.4 Å². The fourth-order valence-electron chi connectivity index (χ4n) is 2.44. The summed E-state index contributed by atoms with van der Waals surface area (Å²) in [6, 6.07) is 12.9. The van der Waals surface area contributed by atoms with Gasteiger partial charge in [-0.25, -0.2) is 8.78 Å². The molecule has 0 aliphatic rings. The number of hydrogen-bond acceptors (Lipinski definition) is 2. The maximum absolute atomic E-state index is 13.1. The summed E-state index contributed by atoms with van der Waals surface area (Å²) < 4.78 is 26.0. The molecule has 5 nitrogen and oxygen atoms in total. The van der Waals surface area contributed by atoms with Crippen molar-refractivity contribution in [2.75, 3.05) is 25.0 Å². The summed E-state index contributed by atoms with van der Waals surface area (Å²) in [4.78, 5) is 24.9. The Bertz CT molecular complexity index is 754. The molecule has 1 unspecified atom stereocenters. The second kappa shape index (κ2) is 9.62. The number of likely N-dealkylation sites (N-methyl/N-ethyl adjacent to an activating group) is 1. The number of anilines is 1. The Morgan fingerprint density at radius 1 is 1.00 bits per heavy atom. The predicted octanol–water partition coefficient (Wildman–Crippen LogP) is 1.12. The lowest BCUT2D eigenvalue weighted by Gasteiger charge is -2.17. The van der Waals surface area contributed by atoms with Gasteiger partial charge in [0, 0.05) is 17.3 Å². The molecule has 138 valence electrons. The van der Waals surface area contributed by atoms with Gasteiger partial charge in [0.05, 0.1) is 13.1 Å². The van der Waals surface area contributed by atoms with E-state index in [4.69, 9.17) is 0 Å². The molecule has 0 fully saturated rings. The molecule has 1 atom stereocenters. The molecule has 2 rings (SSSR count). The lowest BCUT2D eigenvalue weighted by Crippen LogP contribution is -3.11. The van der Waals surface area contributed by atoms with Crippen LogP contribution >= 0.6 is 0 Å². The number of carbonyl (C=O) groups is 2. The fourth-order valence-corrected chi connectivity index (χ4v) is 2.44. The van der Waals surface area contributed by atoms with Gasteiger partial charge >= 0.3 is 0 Å². The predicted molar refractivity (Wildman–Crippen MR) is 94.5 cm³/mol. The van der Waals surface area contributed by atoms with Crippen molar-refractivity contribution >= 4 is 17.5 Å². The van der Waals surface area contributed by atoms with Crippen LogP contribution in [0, 0.1) is 11.6 Å². The summed E-state index contributed by atoms with van der Waals surface area (Å²) in [6.07, 6.45) is 0. The number of halogens is 2. The van der Waals surface area contributed by atoms with Gasteiger partial charge in [-0.15, -0.1) is 0 Å². The van der Waals surface area contributed by atoms with Gasteiger partial charge < -0.3 is 15.5 Å². The zero-order chi connectivity index (χ0) is 18.9. The van der Waals surface area contributed by atoms with Crippen molar-refractivity contribution in [3.63, 3.8) is 0 Å². The van der Waals surface area contributed by atoms with Crippen molar-refractivity contribution in [2.24, 2.45) is 0 Å². The van der Waals surface area contributed by atoms with E-state index in [1.807, 2.05) is 37.3 Å². The molecule has 26 heavy (non-hydrogen) atoms. The van der Waals surface area contributed by atoms with E-state index in [0.29, 0.717) is 6.54 Å². The molecule has 0 radical (unpaired) electrons. The normalized spacial score (nSPS) is 11.7. The van der Waals surface area contributed by atoms with E-state index in [1.165, 1.54) is 6.07 Å². The molecule has 0 aliphatic heterocycles. The zero-order valence-electron chi connectivity index (χ0n) is 14.5. The maximum atomic E-state index is 13.1. The number of quaternary nitrogens is 1. The smallest absolute Gasteiger partial charge is 0.275 e. The molecular weight excluding hydrogens is 340 g/mol. The average Bonchev–Trinajstić information content (AvgIpc) is 2.63. The van der Waals surface area contributed by atoms with Crippen molar-refractivity contribution in [1.29, 1.82) is 0 Å². The lowest BCUT2D eigenvalue weighted by molar-refractivity contribution is -0.904. The standard InChI is InChI=1S/C19H21F2N3O2/c1-2-24(12-14-6-4-3-5-7-14)13-19(26)22-11-18(25)23-15-8-9-16(20)17(21)10-15/h3-10H,2,11-13H2,1H3,(H,22,26)(H,23,25)/p+1. The van der Waals surface area contributed by atoms with Crippen molar-refractivity contribution in [2.45, 2.75) is 13.5 Å². The summed E-state index contributed by atoms with van der Waals surface area (Å²) in [5.74, 6) is -2.80. The zero-order valence-corrected chi connectivity index (χ0v) is 14.5. The molecule has 3 N–H and O–H groups in total. The SMILES string of the molecule is CC[NH+](CC(=O)NCC(=O)Nc1ccc(F)c(F)c1)Cc1ccccc1. The van der Waals surface area contributed by atoms with Crippen molar-refractivity contribution in [1.82, 2.24) is 5.32 Å². The first-order chi connectivity index (χ1) is 12.5. The second-order valence-corrected chi connectivity index (χ2v) is 5.90. The molecule has 0 saturated carbocycles. The number of nitrogens with one attached hydrogen (secondary N) is 3. The highest BCUT2D eigenvalue weighted by molar-refractivity contribution is 5.94. The average molecular weight is 362 g/mol. The third-order valence-corrected chi connectivity index (χ3v) is 3.86. The van der Waals surface area contributed by atoms with Crippen LogP contribution in [0.4, 0.5) is 14.5 Å². The molecule has 2 amide bonds. The van der Waals surface area contributed by atoms with Gasteiger partial charge in [0.2, 0.25) is 5.91 Å². The highest BCUT2D eigenvalue weighted by atomic mass is 19.2. The first-order valence-electron chi connectivity index (χ1n) is 8.37. The summed E-state index contributed by atoms with van der Waals surface area (Å²) >= 11 is 0. The topological polar surface area (TPSA) is 62.6 Å². The summed E-state index contributed by atoms with van der Waals surface area (Å²) in [7, 11) is 0. The summed E-state index contributed by atoms with van der Waals surface area (Å²) in [5.41, 5.74) is 1.27. The van der Waals surface area contributed by atoms with Gasteiger partial charge in [0.25, 0.3) is 5.91 Å². The van der Waals surface area contributed by atoms with Crippen LogP contribution in [0.15, 0.2) is 48.5 Å². The van der Waals surface area contributed by atoms with Crippen LogP contribution in [0.3, 0.4) is 0 Å². The highest BCUT2D eigenvalue weighted by Crippen LogP contribution is 2.12. The Kier molecular flexibility index (Phi) is 7.23. The molecule has 2 aromatic carbocycles. The minimum absolute atomic E-state index is 0.132. The Morgan fingerprint density at radius 3 is 2.38 bits per heavy atom. The largest absolute Gasteiger partial charge is 0.342 e. The lowest BCUT2D eigenvalue weighted by atomic mass is 10.2. The van der Waals surface area contributed by atoms with E-state index in [9.17, 15) is 18.4 Å². The van der Waals surface area contributed by atoms with Gasteiger partial charge in [-0.2, -0.15) is 0 Å². The Morgan fingerprint density at radius 2 is 1.73 bits per heavy atom. The van der Waals surface area contributed by atoms with E-state index < -0.39 is 17.5 Å². The molecule has 7 heteroatoms. The Labute approximate surface area is 151 Å². The molecule has 0 heterocycles. The maximum Gasteiger partial charge on any atom is 0.275 e. The van der Waals surface area contributed by atoms with Crippen LogP contribution in [-0.2, 0) is 16.1 Å². The first kappa shape index (κ1) is 19.5. The molecule has 0 spiro atoms. The van der Waals surface area contributed by atoms with Crippen molar-refractivity contribution < 1.29 is 23.3 Å². The molecule has 0 aromatic heterocycles. The molecule has 0 aliphatic carbocycles. The quantitative estimate of drug-likeness (QED) is 0.659. The molecule has 2 aromatic rings. The van der Waals surface area contributed by atoms with Crippen molar-refractivity contribution in [3.8, 4) is 0 Å². The van der Waals surface area contributed by atoms with Gasteiger partial charge in [0.1, 0.15) is 6.54 Å². The van der Waals surface area contributed by atoms with Gasteiger partial charge in [-0.1, -0.05) is 30.3 Å². The van der Waals surface area contributed by atoms with Gasteiger partial charge in [0.15, 0.2) is 18.2 Å². The fraction of sp³-hybridized carbons (Fsp3) is 0.263. The first-order valence-corrected chi connectivity index (χ1v) is 8.37. The van der Waals surface area contributed by atoms with E-state index in [1.54, 1.807) is 0 Å². The minimum atomic E-state index is -1.05. The van der Waals surface area contributed by atoms with E-state index in [2.05, 4.69) is 10.6 Å². The minimum Gasteiger partial charge on any atom is -0.342 e. The van der Waals surface area contributed by atoms with E-state index in [0.717, 1.165) is 29.1 Å². The van der Waals surface area contributed by atoms with E-state index >= 15 is 0 Å². The monoisotopic (exact) mass is 362 g/mol. The molecule has 0 bridgehead atoms. The van der Waals surface area contributed by atoms with Gasteiger partial charge in [-0.05, 0) is 19.1 Å². The van der Waals surface area contributed by atoms with Crippen molar-refractivity contribution in [3.05, 3.63) is 65.7 Å². The van der Waals surface area contributed by atoms with Crippen LogP contribution in [0.2, 0.25) is 0 Å². The van der Waals surface area contributed by atoms with Crippen LogP contribution < -0.4 is 15.5 Å². The highest BCUT2D eigenvalue weighted by Gasteiger charge is 2.14. The number of carbonyl (C=O) groups excluding carboxylic acids is 2. The van der Waals surface area contributed by atoms with Crippen LogP contribution in [0.25, 0.3) is 0 Å². The molecule has 0 saturated heterocycles. The van der Waals surface area contributed by atoms with E-state index in [-0.39, 0.29) is 24.7 Å². The third kappa shape index (κ3) is 6.25. The third-order valence-electron chi connectivity index (χ3n) is 3.86. The number of hydrogen-bond donors (Lipinski definition) is 3. The molecular formula is C19H22F2N3O2+.